The Kier molecular flexibility index (Phi) is 4.84. The number of anilines is 1. The molecule has 0 radical (unpaired) electrons. The van der Waals surface area contributed by atoms with Crippen LogP contribution in [0.2, 0.25) is 0 Å². The Labute approximate surface area is 136 Å². The first-order valence-electron chi connectivity index (χ1n) is 7.79. The average Bonchev–Trinajstić information content (AvgIpc) is 2.71. The van der Waals surface area contributed by atoms with Gasteiger partial charge in [-0.05, 0) is 24.6 Å². The highest BCUT2D eigenvalue weighted by Crippen LogP contribution is 2.24. The number of carbonyl (C=O) groups excluding carboxylic acids is 1. The van der Waals surface area contributed by atoms with Gasteiger partial charge in [-0.2, -0.15) is 0 Å². The molecular formula is C15H21N3O4S. The molecule has 8 heteroatoms. The summed E-state index contributed by atoms with van der Waals surface area (Å²) < 4.78 is 30.4. The molecule has 1 aromatic rings. The number of ether oxygens (including phenoxy) is 1. The summed E-state index contributed by atoms with van der Waals surface area (Å²) in [7, 11) is -3.14. The summed E-state index contributed by atoms with van der Waals surface area (Å²) in [6, 6.07) is 5.54. The smallest absolute Gasteiger partial charge is 0.225 e. The van der Waals surface area contributed by atoms with Gasteiger partial charge in [-0.15, -0.1) is 0 Å². The van der Waals surface area contributed by atoms with Crippen LogP contribution in [-0.2, 0) is 21.4 Å². The molecule has 1 aromatic carbocycles. The van der Waals surface area contributed by atoms with Crippen molar-refractivity contribution in [1.82, 2.24) is 9.62 Å². The lowest BCUT2D eigenvalue weighted by Crippen LogP contribution is -2.29. The largest absolute Gasteiger partial charge is 0.492 e. The second-order valence-electron chi connectivity index (χ2n) is 5.71. The van der Waals surface area contributed by atoms with Crippen molar-refractivity contribution >= 4 is 21.6 Å². The van der Waals surface area contributed by atoms with Crippen LogP contribution in [0.1, 0.15) is 18.4 Å². The van der Waals surface area contributed by atoms with Gasteiger partial charge in [0.05, 0.1) is 5.75 Å². The highest BCUT2D eigenvalue weighted by Gasteiger charge is 2.28. The minimum atomic E-state index is -3.14. The third kappa shape index (κ3) is 4.01. The predicted molar refractivity (Wildman–Crippen MR) is 86.9 cm³/mol. The van der Waals surface area contributed by atoms with Gasteiger partial charge in [-0.25, -0.2) is 12.7 Å². The number of carbonyl (C=O) groups is 1. The molecule has 2 aliphatic heterocycles. The minimum absolute atomic E-state index is 0.158. The number of sulfonamides is 1. The average molecular weight is 339 g/mol. The molecule has 2 aliphatic rings. The number of amides is 1. The van der Waals surface area contributed by atoms with Crippen LogP contribution in [0.25, 0.3) is 0 Å². The van der Waals surface area contributed by atoms with Crippen LogP contribution in [-0.4, -0.2) is 50.6 Å². The van der Waals surface area contributed by atoms with Gasteiger partial charge in [0.2, 0.25) is 15.9 Å². The van der Waals surface area contributed by atoms with E-state index >= 15 is 0 Å². The van der Waals surface area contributed by atoms with E-state index in [2.05, 4.69) is 10.6 Å². The molecular weight excluding hydrogens is 318 g/mol. The van der Waals surface area contributed by atoms with E-state index in [9.17, 15) is 13.2 Å². The van der Waals surface area contributed by atoms with Gasteiger partial charge in [0.25, 0.3) is 0 Å². The molecule has 2 heterocycles. The molecule has 0 aliphatic carbocycles. The normalized spacial score (nSPS) is 20.3. The molecule has 1 fully saturated rings. The number of rotatable bonds is 4. The van der Waals surface area contributed by atoms with Crippen LogP contribution >= 0.6 is 0 Å². The minimum Gasteiger partial charge on any atom is -0.492 e. The van der Waals surface area contributed by atoms with Crippen LogP contribution < -0.4 is 15.4 Å². The number of nitrogens with zero attached hydrogens (tertiary/aromatic N) is 1. The predicted octanol–water partition coefficient (Wildman–Crippen LogP) is 0.533. The topological polar surface area (TPSA) is 87.7 Å². The Balaban J connectivity index is 1.57. The van der Waals surface area contributed by atoms with Crippen LogP contribution in [0.4, 0.5) is 5.69 Å². The zero-order valence-electron chi connectivity index (χ0n) is 12.9. The van der Waals surface area contributed by atoms with E-state index in [-0.39, 0.29) is 24.6 Å². The second-order valence-corrected chi connectivity index (χ2v) is 7.80. The summed E-state index contributed by atoms with van der Waals surface area (Å²) in [4.78, 5) is 12.0. The van der Waals surface area contributed by atoms with Crippen molar-refractivity contribution in [3.8, 4) is 5.75 Å². The molecule has 2 N–H and O–H groups in total. The molecule has 0 unspecified atom stereocenters. The summed E-state index contributed by atoms with van der Waals surface area (Å²) in [6.07, 6.45) is 0.798. The lowest BCUT2D eigenvalue weighted by Gasteiger charge is -2.14. The molecule has 1 saturated heterocycles. The van der Waals surface area contributed by atoms with Crippen molar-refractivity contribution in [3.63, 3.8) is 0 Å². The van der Waals surface area contributed by atoms with Crippen LogP contribution in [0.3, 0.4) is 0 Å². The SMILES string of the molecule is O=C(CCN1CCCS1(=O)=O)Nc1ccc2c(c1)CNCCO2. The Morgan fingerprint density at radius 2 is 2.26 bits per heavy atom. The zero-order valence-corrected chi connectivity index (χ0v) is 13.7. The highest BCUT2D eigenvalue weighted by atomic mass is 32.2. The van der Waals surface area contributed by atoms with E-state index in [1.807, 2.05) is 12.1 Å². The standard InChI is InChI=1S/C15H21N3O4S/c19-15(4-7-18-6-1-9-23(18,20)21)17-13-2-3-14-12(10-13)11-16-5-8-22-14/h2-3,10,16H,1,4-9,11H2,(H,17,19). The van der Waals surface area contributed by atoms with Crippen molar-refractivity contribution in [2.75, 3.05) is 37.3 Å². The molecule has 126 valence electrons. The third-order valence-electron chi connectivity index (χ3n) is 3.99. The number of hydrogen-bond acceptors (Lipinski definition) is 5. The summed E-state index contributed by atoms with van der Waals surface area (Å²) in [5.41, 5.74) is 1.70. The van der Waals surface area contributed by atoms with Crippen molar-refractivity contribution in [2.45, 2.75) is 19.4 Å². The molecule has 0 spiro atoms. The number of hydrogen-bond donors (Lipinski definition) is 2. The zero-order chi connectivity index (χ0) is 16.3. The highest BCUT2D eigenvalue weighted by molar-refractivity contribution is 7.89. The molecule has 1 amide bonds. The third-order valence-corrected chi connectivity index (χ3v) is 5.94. The fraction of sp³-hybridized carbons (Fsp3) is 0.533. The molecule has 7 nitrogen and oxygen atoms in total. The van der Waals surface area contributed by atoms with Crippen molar-refractivity contribution in [3.05, 3.63) is 23.8 Å². The quantitative estimate of drug-likeness (QED) is 0.836. The summed E-state index contributed by atoms with van der Waals surface area (Å²) in [5.74, 6) is 0.831. The van der Waals surface area contributed by atoms with E-state index in [4.69, 9.17) is 4.74 Å². The lowest BCUT2D eigenvalue weighted by molar-refractivity contribution is -0.116. The van der Waals surface area contributed by atoms with Crippen LogP contribution in [0, 0.1) is 0 Å². The molecule has 0 bridgehead atoms. The Morgan fingerprint density at radius 3 is 3.04 bits per heavy atom. The fourth-order valence-electron chi connectivity index (χ4n) is 2.78. The van der Waals surface area contributed by atoms with Gasteiger partial charge in [0, 0.05) is 43.9 Å². The van der Waals surface area contributed by atoms with E-state index in [1.54, 1.807) is 6.07 Å². The lowest BCUT2D eigenvalue weighted by atomic mass is 10.1. The maximum atomic E-state index is 12.0. The molecule has 0 saturated carbocycles. The number of benzene rings is 1. The van der Waals surface area contributed by atoms with E-state index < -0.39 is 10.0 Å². The van der Waals surface area contributed by atoms with Crippen molar-refractivity contribution < 1.29 is 17.9 Å². The van der Waals surface area contributed by atoms with E-state index in [0.29, 0.717) is 31.8 Å². The first-order chi connectivity index (χ1) is 11.0. The Bertz CT molecular complexity index is 690. The number of nitrogens with one attached hydrogen (secondary N) is 2. The first-order valence-corrected chi connectivity index (χ1v) is 9.40. The summed E-state index contributed by atoms with van der Waals surface area (Å²) >= 11 is 0. The Hall–Kier alpha value is -1.64. The van der Waals surface area contributed by atoms with Gasteiger partial charge in [-0.3, -0.25) is 4.79 Å². The van der Waals surface area contributed by atoms with Crippen molar-refractivity contribution in [2.24, 2.45) is 0 Å². The van der Waals surface area contributed by atoms with Gasteiger partial charge in [-0.1, -0.05) is 0 Å². The maximum Gasteiger partial charge on any atom is 0.225 e. The van der Waals surface area contributed by atoms with Crippen molar-refractivity contribution in [1.29, 1.82) is 0 Å². The fourth-order valence-corrected chi connectivity index (χ4v) is 4.31. The van der Waals surface area contributed by atoms with Gasteiger partial charge < -0.3 is 15.4 Å². The summed E-state index contributed by atoms with van der Waals surface area (Å²) in [5, 5.41) is 6.06. The summed E-state index contributed by atoms with van der Waals surface area (Å²) in [6.45, 7) is 2.87. The maximum absolute atomic E-state index is 12.0. The molecule has 3 rings (SSSR count). The van der Waals surface area contributed by atoms with Crippen LogP contribution in [0.15, 0.2) is 18.2 Å². The van der Waals surface area contributed by atoms with Crippen LogP contribution in [0.5, 0.6) is 5.75 Å². The van der Waals surface area contributed by atoms with E-state index in [0.717, 1.165) is 17.9 Å². The monoisotopic (exact) mass is 339 g/mol. The Morgan fingerprint density at radius 1 is 1.39 bits per heavy atom. The van der Waals surface area contributed by atoms with E-state index in [1.165, 1.54) is 4.31 Å². The molecule has 0 aromatic heterocycles. The van der Waals surface area contributed by atoms with Gasteiger partial charge in [0.15, 0.2) is 0 Å². The first kappa shape index (κ1) is 16.2. The number of fused-ring (bicyclic) bond motifs is 1. The van der Waals surface area contributed by atoms with Gasteiger partial charge >= 0.3 is 0 Å². The van der Waals surface area contributed by atoms with Gasteiger partial charge in [0.1, 0.15) is 12.4 Å². The molecule has 0 atom stereocenters. The second kappa shape index (κ2) is 6.86. The molecule has 23 heavy (non-hydrogen) atoms.